The van der Waals surface area contributed by atoms with Gasteiger partial charge in [0, 0.05) is 31.6 Å². The average molecular weight is 485 g/mol. The molecule has 0 spiro atoms. The van der Waals surface area contributed by atoms with Gasteiger partial charge in [0.05, 0.1) is 29.7 Å². The maximum absolute atomic E-state index is 13.8. The number of carbonyl (C=O) groups excluding carboxylic acids is 1. The van der Waals surface area contributed by atoms with Gasteiger partial charge in [0.25, 0.3) is 10.0 Å². The van der Waals surface area contributed by atoms with Gasteiger partial charge in [0.2, 0.25) is 0 Å². The highest BCUT2D eigenvalue weighted by atomic mass is 32.2. The number of para-hydroxylation sites is 2. The number of ether oxygens (including phenoxy) is 1. The van der Waals surface area contributed by atoms with Crippen LogP contribution in [0.4, 0.5) is 8.78 Å². The number of thiophene rings is 1. The van der Waals surface area contributed by atoms with E-state index in [4.69, 9.17) is 0 Å². The summed E-state index contributed by atoms with van der Waals surface area (Å²) in [5.41, 5.74) is 1.05. The number of aromatic nitrogens is 2. The van der Waals surface area contributed by atoms with Gasteiger partial charge in [-0.3, -0.25) is 9.47 Å². The number of methoxy groups -OCH3 is 1. The molecule has 0 bridgehead atoms. The lowest BCUT2D eigenvalue weighted by molar-refractivity contribution is 0.0599. The van der Waals surface area contributed by atoms with E-state index in [2.05, 4.69) is 9.72 Å². The van der Waals surface area contributed by atoms with Crippen LogP contribution in [-0.4, -0.2) is 66.4 Å². The Labute approximate surface area is 188 Å². The highest BCUT2D eigenvalue weighted by molar-refractivity contribution is 7.91. The lowest BCUT2D eigenvalue weighted by atomic mass is 10.2. The van der Waals surface area contributed by atoms with Gasteiger partial charge in [-0.05, 0) is 25.1 Å². The topological polar surface area (TPSA) is 84.7 Å². The Balaban J connectivity index is 1.50. The van der Waals surface area contributed by atoms with Crippen molar-refractivity contribution >= 4 is 38.4 Å². The SMILES string of the molecule is COC(=O)c1csc(S(=O)(=O)N2CCN(C(C)c3nc4ccccc4n3C(F)F)CC2)c1. The fraction of sp³-hybridized carbons (Fsp3) is 0.400. The molecule has 1 aliphatic heterocycles. The first kappa shape index (κ1) is 22.8. The molecule has 1 unspecified atom stereocenters. The highest BCUT2D eigenvalue weighted by Gasteiger charge is 2.33. The van der Waals surface area contributed by atoms with E-state index < -0.39 is 28.6 Å². The standard InChI is InChI=1S/C20H22F2N4O4S2/c1-13(18-23-15-5-3-4-6-16(15)26(18)20(21)22)24-7-9-25(10-8-24)32(28,29)17-11-14(12-31-17)19(27)30-2/h3-6,11-13,20H,7-10H2,1-2H3. The second-order valence-electron chi connectivity index (χ2n) is 7.37. The van der Waals surface area contributed by atoms with E-state index in [1.165, 1.54) is 22.9 Å². The van der Waals surface area contributed by atoms with Crippen LogP contribution in [0.25, 0.3) is 11.0 Å². The van der Waals surface area contributed by atoms with Crippen LogP contribution in [0.3, 0.4) is 0 Å². The van der Waals surface area contributed by atoms with E-state index in [1.807, 2.05) is 4.90 Å². The van der Waals surface area contributed by atoms with Crippen molar-refractivity contribution in [2.75, 3.05) is 33.3 Å². The monoisotopic (exact) mass is 484 g/mol. The van der Waals surface area contributed by atoms with Crippen molar-refractivity contribution in [3.63, 3.8) is 0 Å². The molecule has 12 heteroatoms. The number of alkyl halides is 2. The smallest absolute Gasteiger partial charge is 0.338 e. The van der Waals surface area contributed by atoms with E-state index in [0.717, 1.165) is 15.9 Å². The van der Waals surface area contributed by atoms with Gasteiger partial charge >= 0.3 is 12.5 Å². The summed E-state index contributed by atoms with van der Waals surface area (Å²) in [6.45, 7) is 0.195. The van der Waals surface area contributed by atoms with Crippen LogP contribution in [0.1, 0.15) is 35.7 Å². The number of benzene rings is 1. The Bertz CT molecular complexity index is 1230. The zero-order valence-electron chi connectivity index (χ0n) is 17.4. The number of rotatable bonds is 6. The van der Waals surface area contributed by atoms with Crippen LogP contribution in [0, 0.1) is 0 Å². The lowest BCUT2D eigenvalue weighted by Gasteiger charge is -2.37. The van der Waals surface area contributed by atoms with Crippen LogP contribution in [0.15, 0.2) is 39.9 Å². The van der Waals surface area contributed by atoms with E-state index >= 15 is 0 Å². The predicted octanol–water partition coefficient (Wildman–Crippen LogP) is 3.35. The molecule has 1 atom stereocenters. The number of carbonyl (C=O) groups is 1. The molecular formula is C20H22F2N4O4S2. The Morgan fingerprint density at radius 3 is 2.53 bits per heavy atom. The van der Waals surface area contributed by atoms with Crippen molar-refractivity contribution < 1.29 is 26.7 Å². The van der Waals surface area contributed by atoms with Crippen molar-refractivity contribution in [3.8, 4) is 0 Å². The number of piperazine rings is 1. The Hall–Kier alpha value is -2.41. The molecule has 0 saturated carbocycles. The molecule has 172 valence electrons. The van der Waals surface area contributed by atoms with Crippen molar-refractivity contribution in [1.82, 2.24) is 18.8 Å². The van der Waals surface area contributed by atoms with Crippen molar-refractivity contribution in [2.45, 2.75) is 23.7 Å². The summed E-state index contributed by atoms with van der Waals surface area (Å²) < 4.78 is 60.5. The number of halogens is 2. The number of sulfonamides is 1. The highest BCUT2D eigenvalue weighted by Crippen LogP contribution is 2.31. The summed E-state index contributed by atoms with van der Waals surface area (Å²) in [4.78, 5) is 18.0. The maximum Gasteiger partial charge on any atom is 0.338 e. The van der Waals surface area contributed by atoms with Crippen LogP contribution in [0.2, 0.25) is 0 Å². The minimum Gasteiger partial charge on any atom is -0.465 e. The van der Waals surface area contributed by atoms with Crippen LogP contribution in [0.5, 0.6) is 0 Å². The number of imidazole rings is 1. The largest absolute Gasteiger partial charge is 0.465 e. The second-order valence-corrected chi connectivity index (χ2v) is 10.4. The molecule has 0 radical (unpaired) electrons. The van der Waals surface area contributed by atoms with Gasteiger partial charge < -0.3 is 4.74 Å². The maximum atomic E-state index is 13.8. The zero-order chi connectivity index (χ0) is 23.0. The summed E-state index contributed by atoms with van der Waals surface area (Å²) in [5.74, 6) is -0.346. The molecule has 0 N–H and O–H groups in total. The van der Waals surface area contributed by atoms with Crippen LogP contribution in [-0.2, 0) is 14.8 Å². The number of hydrogen-bond donors (Lipinski definition) is 0. The van der Waals surface area contributed by atoms with Crippen molar-refractivity contribution in [1.29, 1.82) is 0 Å². The number of esters is 1. The minimum absolute atomic E-state index is 0.0684. The van der Waals surface area contributed by atoms with Gasteiger partial charge in [-0.25, -0.2) is 18.2 Å². The van der Waals surface area contributed by atoms with Crippen molar-refractivity contribution in [2.24, 2.45) is 0 Å². The third-order valence-electron chi connectivity index (χ3n) is 5.60. The van der Waals surface area contributed by atoms with Gasteiger partial charge in [-0.1, -0.05) is 12.1 Å². The molecule has 3 aromatic rings. The van der Waals surface area contributed by atoms with Crippen LogP contribution < -0.4 is 0 Å². The van der Waals surface area contributed by atoms with Gasteiger partial charge in [-0.15, -0.1) is 11.3 Å². The first-order chi connectivity index (χ1) is 15.2. The quantitative estimate of drug-likeness (QED) is 0.499. The number of fused-ring (bicyclic) bond motifs is 1. The molecular weight excluding hydrogens is 462 g/mol. The summed E-state index contributed by atoms with van der Waals surface area (Å²) in [6.07, 6.45) is 0. The molecule has 1 aromatic carbocycles. The van der Waals surface area contributed by atoms with Crippen LogP contribution >= 0.6 is 11.3 Å². The number of nitrogens with zero attached hydrogens (tertiary/aromatic N) is 4. The third kappa shape index (κ3) is 4.03. The van der Waals surface area contributed by atoms with Crippen molar-refractivity contribution in [3.05, 3.63) is 47.1 Å². The van der Waals surface area contributed by atoms with E-state index in [9.17, 15) is 22.0 Å². The zero-order valence-corrected chi connectivity index (χ0v) is 19.1. The van der Waals surface area contributed by atoms with E-state index in [1.54, 1.807) is 31.2 Å². The average Bonchev–Trinajstić information content (AvgIpc) is 3.44. The molecule has 4 rings (SSSR count). The number of hydrogen-bond acceptors (Lipinski definition) is 7. The molecule has 1 fully saturated rings. The molecule has 32 heavy (non-hydrogen) atoms. The van der Waals surface area contributed by atoms with Gasteiger partial charge in [-0.2, -0.15) is 13.1 Å². The Morgan fingerprint density at radius 2 is 1.88 bits per heavy atom. The third-order valence-corrected chi connectivity index (χ3v) is 8.92. The minimum atomic E-state index is -3.76. The van der Waals surface area contributed by atoms with Gasteiger partial charge in [0.15, 0.2) is 0 Å². The molecule has 1 saturated heterocycles. The first-order valence-corrected chi connectivity index (χ1v) is 12.2. The fourth-order valence-electron chi connectivity index (χ4n) is 3.86. The van der Waals surface area contributed by atoms with Gasteiger partial charge in [0.1, 0.15) is 10.0 Å². The summed E-state index contributed by atoms with van der Waals surface area (Å²) in [5, 5.41) is 1.45. The molecule has 1 aliphatic rings. The Morgan fingerprint density at radius 1 is 1.19 bits per heavy atom. The normalized spacial score (nSPS) is 17.2. The molecule has 8 nitrogen and oxygen atoms in total. The lowest BCUT2D eigenvalue weighted by Crippen LogP contribution is -2.49. The molecule has 0 amide bonds. The second kappa shape index (κ2) is 8.85. The fourth-order valence-corrected chi connectivity index (χ4v) is 6.59. The summed E-state index contributed by atoms with van der Waals surface area (Å²) >= 11 is 0.965. The first-order valence-electron chi connectivity index (χ1n) is 9.90. The molecule has 2 aromatic heterocycles. The van der Waals surface area contributed by atoms with E-state index in [-0.39, 0.29) is 28.7 Å². The summed E-state index contributed by atoms with van der Waals surface area (Å²) in [6, 6.07) is 7.63. The molecule has 0 aliphatic carbocycles. The molecule has 3 heterocycles. The van der Waals surface area contributed by atoms with E-state index in [0.29, 0.717) is 24.1 Å². The Kier molecular flexibility index (Phi) is 6.30. The summed E-state index contributed by atoms with van der Waals surface area (Å²) in [7, 11) is -2.53. The predicted molar refractivity (Wildman–Crippen MR) is 115 cm³/mol.